The molecule has 0 saturated heterocycles. The average Bonchev–Trinajstić information content (AvgIpc) is 2.34. The lowest BCUT2D eigenvalue weighted by atomic mass is 10.0. The van der Waals surface area contributed by atoms with Crippen LogP contribution in [0.15, 0.2) is 12.7 Å². The van der Waals surface area contributed by atoms with Gasteiger partial charge in [0.2, 0.25) is 0 Å². The highest BCUT2D eigenvalue weighted by molar-refractivity contribution is 4.88. The molecule has 0 aromatic rings. The summed E-state index contributed by atoms with van der Waals surface area (Å²) < 4.78 is 10.7. The minimum atomic E-state index is -0.566. The zero-order valence-corrected chi connectivity index (χ0v) is 11.3. The molecule has 0 aliphatic heterocycles. The first kappa shape index (κ1) is 15.7. The summed E-state index contributed by atoms with van der Waals surface area (Å²) in [7, 11) is 3.35. The van der Waals surface area contributed by atoms with Gasteiger partial charge in [0.05, 0.1) is 0 Å². The Morgan fingerprint density at radius 3 is 1.88 bits per heavy atom. The van der Waals surface area contributed by atoms with Crippen LogP contribution in [-0.2, 0) is 9.47 Å². The Hall–Kier alpha value is -0.340. The first-order valence-corrected chi connectivity index (χ1v) is 6.48. The van der Waals surface area contributed by atoms with E-state index in [2.05, 4.69) is 13.5 Å². The highest BCUT2D eigenvalue weighted by Gasteiger charge is 2.24. The second kappa shape index (κ2) is 9.86. The monoisotopic (exact) mass is 228 g/mol. The summed E-state index contributed by atoms with van der Waals surface area (Å²) in [5, 5.41) is 0. The van der Waals surface area contributed by atoms with Crippen molar-refractivity contribution < 1.29 is 9.47 Å². The molecule has 16 heavy (non-hydrogen) atoms. The molecule has 0 aromatic heterocycles. The molecule has 0 amide bonds. The van der Waals surface area contributed by atoms with Gasteiger partial charge >= 0.3 is 0 Å². The van der Waals surface area contributed by atoms with E-state index in [1.165, 1.54) is 38.5 Å². The van der Waals surface area contributed by atoms with Gasteiger partial charge in [-0.2, -0.15) is 0 Å². The lowest BCUT2D eigenvalue weighted by Crippen LogP contribution is -2.30. The van der Waals surface area contributed by atoms with Crippen molar-refractivity contribution in [2.45, 2.75) is 64.1 Å². The minimum absolute atomic E-state index is 0.566. The third kappa shape index (κ3) is 6.29. The number of hydrogen-bond acceptors (Lipinski definition) is 2. The summed E-state index contributed by atoms with van der Waals surface area (Å²) in [5.41, 5.74) is 0. The van der Waals surface area contributed by atoms with E-state index >= 15 is 0 Å². The third-order valence-corrected chi connectivity index (χ3v) is 3.13. The lowest BCUT2D eigenvalue weighted by molar-refractivity contribution is -0.174. The SMILES string of the molecule is C=CC(CCCCCCCCC)(OC)OC. The molecule has 0 N–H and O–H groups in total. The Balaban J connectivity index is 3.52. The van der Waals surface area contributed by atoms with E-state index in [9.17, 15) is 0 Å². The van der Waals surface area contributed by atoms with Crippen LogP contribution >= 0.6 is 0 Å². The van der Waals surface area contributed by atoms with E-state index in [0.717, 1.165) is 12.8 Å². The molecule has 0 aliphatic rings. The van der Waals surface area contributed by atoms with Crippen LogP contribution in [0.3, 0.4) is 0 Å². The quantitative estimate of drug-likeness (QED) is 0.298. The van der Waals surface area contributed by atoms with E-state index in [1.807, 2.05) is 0 Å². The van der Waals surface area contributed by atoms with Crippen molar-refractivity contribution in [1.29, 1.82) is 0 Å². The molecule has 0 heterocycles. The van der Waals surface area contributed by atoms with Gasteiger partial charge < -0.3 is 9.47 Å². The predicted octanol–water partition coefficient (Wildman–Crippen LogP) is 4.30. The third-order valence-electron chi connectivity index (χ3n) is 3.13. The van der Waals surface area contributed by atoms with Crippen LogP contribution in [0.5, 0.6) is 0 Å². The fourth-order valence-corrected chi connectivity index (χ4v) is 1.88. The first-order valence-electron chi connectivity index (χ1n) is 6.48. The summed E-state index contributed by atoms with van der Waals surface area (Å²) in [6.07, 6.45) is 11.8. The molecule has 2 nitrogen and oxygen atoms in total. The molecule has 2 heteroatoms. The van der Waals surface area contributed by atoms with Gasteiger partial charge in [-0.25, -0.2) is 0 Å². The number of rotatable bonds is 11. The Morgan fingerprint density at radius 2 is 1.44 bits per heavy atom. The molecule has 0 bridgehead atoms. The second-order valence-corrected chi connectivity index (χ2v) is 4.30. The van der Waals surface area contributed by atoms with Gasteiger partial charge in [-0.15, -0.1) is 0 Å². The van der Waals surface area contributed by atoms with E-state index in [0.29, 0.717) is 0 Å². The van der Waals surface area contributed by atoms with Gasteiger partial charge in [-0.3, -0.25) is 0 Å². The zero-order valence-electron chi connectivity index (χ0n) is 11.3. The van der Waals surface area contributed by atoms with Gasteiger partial charge in [0.15, 0.2) is 5.79 Å². The normalized spacial score (nSPS) is 11.7. The summed E-state index contributed by atoms with van der Waals surface area (Å²) in [6, 6.07) is 0. The number of unbranched alkanes of at least 4 members (excludes halogenated alkanes) is 6. The molecule has 0 atom stereocenters. The van der Waals surface area contributed by atoms with Gasteiger partial charge in [0, 0.05) is 20.6 Å². The van der Waals surface area contributed by atoms with Crippen molar-refractivity contribution >= 4 is 0 Å². The van der Waals surface area contributed by atoms with Gasteiger partial charge in [-0.05, 0) is 12.5 Å². The highest BCUT2D eigenvalue weighted by atomic mass is 16.7. The van der Waals surface area contributed by atoms with Crippen molar-refractivity contribution in [2.24, 2.45) is 0 Å². The maximum Gasteiger partial charge on any atom is 0.186 e. The standard InChI is InChI=1S/C14H28O2/c1-5-7-8-9-10-11-12-13-14(6-2,15-3)16-4/h6H,2,5,7-13H2,1,3-4H3. The maximum atomic E-state index is 5.34. The summed E-state index contributed by atoms with van der Waals surface area (Å²) in [5.74, 6) is -0.566. The fourth-order valence-electron chi connectivity index (χ4n) is 1.88. The molecule has 0 radical (unpaired) electrons. The highest BCUT2D eigenvalue weighted by Crippen LogP contribution is 2.21. The van der Waals surface area contributed by atoms with Crippen molar-refractivity contribution in [3.05, 3.63) is 12.7 Å². The van der Waals surface area contributed by atoms with Crippen molar-refractivity contribution in [3.8, 4) is 0 Å². The average molecular weight is 228 g/mol. The molecule has 0 rings (SSSR count). The second-order valence-electron chi connectivity index (χ2n) is 4.30. The Morgan fingerprint density at radius 1 is 0.938 bits per heavy atom. The van der Waals surface area contributed by atoms with Crippen LogP contribution in [0.25, 0.3) is 0 Å². The van der Waals surface area contributed by atoms with E-state index in [1.54, 1.807) is 20.3 Å². The topological polar surface area (TPSA) is 18.5 Å². The van der Waals surface area contributed by atoms with Crippen LogP contribution in [0.4, 0.5) is 0 Å². The Kier molecular flexibility index (Phi) is 9.65. The molecular formula is C14H28O2. The summed E-state index contributed by atoms with van der Waals surface area (Å²) in [6.45, 7) is 6.01. The summed E-state index contributed by atoms with van der Waals surface area (Å²) in [4.78, 5) is 0. The van der Waals surface area contributed by atoms with Gasteiger partial charge in [0.25, 0.3) is 0 Å². The van der Waals surface area contributed by atoms with Crippen LogP contribution in [-0.4, -0.2) is 20.0 Å². The molecule has 0 fully saturated rings. The largest absolute Gasteiger partial charge is 0.350 e. The predicted molar refractivity (Wildman–Crippen MR) is 69.6 cm³/mol. The molecule has 96 valence electrons. The number of ether oxygens (including phenoxy) is 2. The molecule has 0 aliphatic carbocycles. The van der Waals surface area contributed by atoms with Crippen LogP contribution < -0.4 is 0 Å². The van der Waals surface area contributed by atoms with Crippen LogP contribution in [0.1, 0.15) is 58.3 Å². The van der Waals surface area contributed by atoms with Crippen molar-refractivity contribution in [1.82, 2.24) is 0 Å². The summed E-state index contributed by atoms with van der Waals surface area (Å²) >= 11 is 0. The van der Waals surface area contributed by atoms with Crippen molar-refractivity contribution in [2.75, 3.05) is 14.2 Å². The van der Waals surface area contributed by atoms with E-state index < -0.39 is 5.79 Å². The molecular weight excluding hydrogens is 200 g/mol. The Bertz CT molecular complexity index is 162. The first-order chi connectivity index (χ1) is 7.74. The molecule has 0 aromatic carbocycles. The lowest BCUT2D eigenvalue weighted by Gasteiger charge is -2.27. The molecule has 0 spiro atoms. The van der Waals surface area contributed by atoms with Crippen LogP contribution in [0.2, 0.25) is 0 Å². The number of hydrogen-bond donors (Lipinski definition) is 0. The number of methoxy groups -OCH3 is 2. The molecule has 0 unspecified atom stereocenters. The van der Waals surface area contributed by atoms with Crippen LogP contribution in [0, 0.1) is 0 Å². The fraction of sp³-hybridized carbons (Fsp3) is 0.857. The van der Waals surface area contributed by atoms with E-state index in [4.69, 9.17) is 9.47 Å². The Labute approximate surface area is 101 Å². The zero-order chi connectivity index (χ0) is 12.3. The van der Waals surface area contributed by atoms with E-state index in [-0.39, 0.29) is 0 Å². The van der Waals surface area contributed by atoms with Gasteiger partial charge in [0.1, 0.15) is 0 Å². The molecule has 0 saturated carbocycles. The van der Waals surface area contributed by atoms with Gasteiger partial charge in [-0.1, -0.05) is 52.0 Å². The van der Waals surface area contributed by atoms with Crippen molar-refractivity contribution in [3.63, 3.8) is 0 Å². The maximum absolute atomic E-state index is 5.34. The smallest absolute Gasteiger partial charge is 0.186 e. The minimum Gasteiger partial charge on any atom is -0.350 e.